The van der Waals surface area contributed by atoms with E-state index < -0.39 is 0 Å². The molecular formula is C28H34O6. The van der Waals surface area contributed by atoms with Crippen molar-refractivity contribution in [2.24, 2.45) is 0 Å². The molecule has 0 saturated carbocycles. The summed E-state index contributed by atoms with van der Waals surface area (Å²) in [5.74, 6) is 2.21. The van der Waals surface area contributed by atoms with Gasteiger partial charge in [-0.3, -0.25) is 0 Å². The molecule has 0 unspecified atom stereocenters. The SMILES string of the molecule is COc1ccc(COCC[C@@H](COCc2ccccc2)OCc2ccc(OC)c(OC)c2)cc1. The minimum absolute atomic E-state index is 0.104. The van der Waals surface area contributed by atoms with Crippen LogP contribution in [0.5, 0.6) is 17.2 Å². The summed E-state index contributed by atoms with van der Waals surface area (Å²) < 4.78 is 34.0. The third-order valence-corrected chi connectivity index (χ3v) is 5.36. The standard InChI is InChI=1S/C28H34O6/c1-29-25-12-9-23(10-13-25)18-32-16-15-26(21-33-19-22-7-5-4-6-8-22)34-20-24-11-14-27(30-2)28(17-24)31-3/h4-14,17,26H,15-16,18-21H2,1-3H3/t26-/m0/s1. The van der Waals surface area contributed by atoms with Crippen LogP contribution in [-0.2, 0) is 34.0 Å². The van der Waals surface area contributed by atoms with Crippen molar-refractivity contribution in [2.75, 3.05) is 34.5 Å². The molecule has 0 fully saturated rings. The molecule has 0 radical (unpaired) electrons. The molecular weight excluding hydrogens is 432 g/mol. The molecule has 0 aliphatic carbocycles. The molecule has 0 spiro atoms. The zero-order valence-electron chi connectivity index (χ0n) is 20.2. The topological polar surface area (TPSA) is 55.4 Å². The van der Waals surface area contributed by atoms with E-state index >= 15 is 0 Å². The number of hydrogen-bond acceptors (Lipinski definition) is 6. The Bertz CT molecular complexity index is 958. The molecule has 0 amide bonds. The van der Waals surface area contributed by atoms with Crippen LogP contribution in [0.1, 0.15) is 23.1 Å². The molecule has 0 N–H and O–H groups in total. The number of ether oxygens (including phenoxy) is 6. The monoisotopic (exact) mass is 466 g/mol. The van der Waals surface area contributed by atoms with Crippen molar-refractivity contribution in [3.63, 3.8) is 0 Å². The predicted octanol–water partition coefficient (Wildman–Crippen LogP) is 5.42. The summed E-state index contributed by atoms with van der Waals surface area (Å²) in [7, 11) is 4.91. The summed E-state index contributed by atoms with van der Waals surface area (Å²) in [6.45, 7) is 2.57. The lowest BCUT2D eigenvalue weighted by Crippen LogP contribution is -2.22. The van der Waals surface area contributed by atoms with Crippen LogP contribution in [0.3, 0.4) is 0 Å². The van der Waals surface area contributed by atoms with Gasteiger partial charge in [0.15, 0.2) is 11.5 Å². The van der Waals surface area contributed by atoms with Gasteiger partial charge in [-0.25, -0.2) is 0 Å². The minimum Gasteiger partial charge on any atom is -0.497 e. The van der Waals surface area contributed by atoms with Gasteiger partial charge in [0.25, 0.3) is 0 Å². The Morgan fingerprint density at radius 3 is 2.00 bits per heavy atom. The Balaban J connectivity index is 1.51. The molecule has 182 valence electrons. The summed E-state index contributed by atoms with van der Waals surface area (Å²) in [6.07, 6.45) is 0.616. The summed E-state index contributed by atoms with van der Waals surface area (Å²) in [6, 6.07) is 23.8. The molecule has 34 heavy (non-hydrogen) atoms. The van der Waals surface area contributed by atoms with Gasteiger partial charge in [-0.05, 0) is 47.4 Å². The molecule has 6 nitrogen and oxygen atoms in total. The molecule has 0 saturated heterocycles. The van der Waals surface area contributed by atoms with Crippen molar-refractivity contribution in [1.82, 2.24) is 0 Å². The number of hydrogen-bond donors (Lipinski definition) is 0. The Kier molecular flexibility index (Phi) is 10.7. The molecule has 0 aliphatic rings. The largest absolute Gasteiger partial charge is 0.497 e. The van der Waals surface area contributed by atoms with Crippen LogP contribution < -0.4 is 14.2 Å². The third-order valence-electron chi connectivity index (χ3n) is 5.36. The van der Waals surface area contributed by atoms with Gasteiger partial charge >= 0.3 is 0 Å². The van der Waals surface area contributed by atoms with E-state index in [4.69, 9.17) is 28.4 Å². The van der Waals surface area contributed by atoms with Crippen molar-refractivity contribution < 1.29 is 28.4 Å². The van der Waals surface area contributed by atoms with Crippen molar-refractivity contribution >= 4 is 0 Å². The van der Waals surface area contributed by atoms with E-state index in [2.05, 4.69) is 12.1 Å². The van der Waals surface area contributed by atoms with Gasteiger partial charge < -0.3 is 28.4 Å². The fourth-order valence-electron chi connectivity index (χ4n) is 3.41. The van der Waals surface area contributed by atoms with E-state index in [1.165, 1.54) is 0 Å². The number of rotatable bonds is 15. The highest BCUT2D eigenvalue weighted by Crippen LogP contribution is 2.28. The molecule has 0 aliphatic heterocycles. The first kappa shape index (κ1) is 25.6. The molecule has 0 aromatic heterocycles. The van der Waals surface area contributed by atoms with Gasteiger partial charge in [-0.1, -0.05) is 48.5 Å². The molecule has 0 bridgehead atoms. The van der Waals surface area contributed by atoms with Crippen LogP contribution in [0, 0.1) is 0 Å². The van der Waals surface area contributed by atoms with E-state index in [0.29, 0.717) is 44.5 Å². The lowest BCUT2D eigenvalue weighted by Gasteiger charge is -2.19. The molecule has 3 aromatic rings. The average molecular weight is 467 g/mol. The molecule has 6 heteroatoms. The minimum atomic E-state index is -0.104. The Labute approximate surface area is 202 Å². The van der Waals surface area contributed by atoms with Gasteiger partial charge in [0.1, 0.15) is 5.75 Å². The zero-order chi connectivity index (χ0) is 24.0. The Morgan fingerprint density at radius 2 is 1.29 bits per heavy atom. The first-order valence-corrected chi connectivity index (χ1v) is 11.4. The first-order chi connectivity index (χ1) is 16.7. The Hall–Kier alpha value is -3.06. The maximum Gasteiger partial charge on any atom is 0.161 e. The van der Waals surface area contributed by atoms with Crippen molar-refractivity contribution in [3.8, 4) is 17.2 Å². The lowest BCUT2D eigenvalue weighted by molar-refractivity contribution is -0.0459. The number of benzene rings is 3. The fourth-order valence-corrected chi connectivity index (χ4v) is 3.41. The first-order valence-electron chi connectivity index (χ1n) is 11.4. The van der Waals surface area contributed by atoms with Gasteiger partial charge in [0.2, 0.25) is 0 Å². The highest BCUT2D eigenvalue weighted by Gasteiger charge is 2.12. The van der Waals surface area contributed by atoms with Crippen LogP contribution in [0.2, 0.25) is 0 Å². The zero-order valence-corrected chi connectivity index (χ0v) is 20.2. The second-order valence-electron chi connectivity index (χ2n) is 7.81. The van der Waals surface area contributed by atoms with Crippen molar-refractivity contribution in [2.45, 2.75) is 32.3 Å². The van der Waals surface area contributed by atoms with E-state index in [1.54, 1.807) is 21.3 Å². The van der Waals surface area contributed by atoms with Crippen LogP contribution in [0.15, 0.2) is 72.8 Å². The van der Waals surface area contributed by atoms with Gasteiger partial charge in [-0.15, -0.1) is 0 Å². The van der Waals surface area contributed by atoms with Crippen molar-refractivity contribution in [3.05, 3.63) is 89.5 Å². The quantitative estimate of drug-likeness (QED) is 0.279. The summed E-state index contributed by atoms with van der Waals surface area (Å²) in [4.78, 5) is 0. The van der Waals surface area contributed by atoms with E-state index in [0.717, 1.165) is 28.9 Å². The van der Waals surface area contributed by atoms with Crippen LogP contribution in [0.4, 0.5) is 0 Å². The van der Waals surface area contributed by atoms with Crippen LogP contribution >= 0.6 is 0 Å². The molecule has 1 atom stereocenters. The summed E-state index contributed by atoms with van der Waals surface area (Å²) >= 11 is 0. The van der Waals surface area contributed by atoms with Crippen LogP contribution in [0.25, 0.3) is 0 Å². The second kappa shape index (κ2) is 14.3. The number of methoxy groups -OCH3 is 3. The normalized spacial score (nSPS) is 11.7. The molecule has 3 aromatic carbocycles. The maximum absolute atomic E-state index is 6.20. The smallest absolute Gasteiger partial charge is 0.161 e. The second-order valence-corrected chi connectivity index (χ2v) is 7.81. The maximum atomic E-state index is 6.20. The lowest BCUT2D eigenvalue weighted by atomic mass is 10.2. The highest BCUT2D eigenvalue weighted by molar-refractivity contribution is 5.42. The van der Waals surface area contributed by atoms with Gasteiger partial charge in [0, 0.05) is 6.61 Å². The highest BCUT2D eigenvalue weighted by atomic mass is 16.5. The molecule has 0 heterocycles. The molecule has 3 rings (SSSR count). The van der Waals surface area contributed by atoms with E-state index in [-0.39, 0.29) is 6.10 Å². The van der Waals surface area contributed by atoms with Gasteiger partial charge in [0.05, 0.1) is 53.9 Å². The predicted molar refractivity (Wildman–Crippen MR) is 131 cm³/mol. The van der Waals surface area contributed by atoms with Crippen LogP contribution in [-0.4, -0.2) is 40.6 Å². The van der Waals surface area contributed by atoms with Gasteiger partial charge in [-0.2, -0.15) is 0 Å². The summed E-state index contributed by atoms with van der Waals surface area (Å²) in [5, 5.41) is 0. The average Bonchev–Trinajstić information content (AvgIpc) is 2.90. The van der Waals surface area contributed by atoms with E-state index in [9.17, 15) is 0 Å². The van der Waals surface area contributed by atoms with E-state index in [1.807, 2.05) is 60.7 Å². The third kappa shape index (κ3) is 8.37. The Morgan fingerprint density at radius 1 is 0.618 bits per heavy atom. The van der Waals surface area contributed by atoms with Crippen molar-refractivity contribution in [1.29, 1.82) is 0 Å². The fraction of sp³-hybridized carbons (Fsp3) is 0.357. The summed E-state index contributed by atoms with van der Waals surface area (Å²) in [5.41, 5.74) is 3.24.